The number of para-hydroxylation sites is 1. The van der Waals surface area contributed by atoms with Crippen LogP contribution in [0.4, 0.5) is 10.1 Å². The predicted molar refractivity (Wildman–Crippen MR) is 96.9 cm³/mol. The molecule has 0 fully saturated rings. The first-order chi connectivity index (χ1) is 12.3. The van der Waals surface area contributed by atoms with Gasteiger partial charge in [0.2, 0.25) is 5.91 Å². The van der Waals surface area contributed by atoms with Gasteiger partial charge in [0.05, 0.1) is 12.0 Å². The Balaban J connectivity index is 1.79. The number of aliphatic carboxylic acids is 1. The molecule has 0 aromatic heterocycles. The number of anilines is 1. The number of hydrogen-bond acceptors (Lipinski definition) is 3. The molecule has 0 atom stereocenters. The molecule has 0 saturated heterocycles. The predicted octanol–water partition coefficient (Wildman–Crippen LogP) is 3.99. The van der Waals surface area contributed by atoms with E-state index < -0.39 is 17.2 Å². The molecular formula is C20H22FNO4. The van der Waals surface area contributed by atoms with Crippen molar-refractivity contribution in [2.75, 3.05) is 11.9 Å². The van der Waals surface area contributed by atoms with E-state index in [-0.39, 0.29) is 24.7 Å². The number of rotatable bonds is 8. The highest BCUT2D eigenvalue weighted by molar-refractivity contribution is 5.90. The summed E-state index contributed by atoms with van der Waals surface area (Å²) in [5.41, 5.74) is 0.253. The van der Waals surface area contributed by atoms with Crippen molar-refractivity contribution in [3.05, 3.63) is 59.9 Å². The Morgan fingerprint density at radius 2 is 1.77 bits per heavy atom. The Kier molecular flexibility index (Phi) is 6.33. The van der Waals surface area contributed by atoms with Crippen molar-refractivity contribution in [1.29, 1.82) is 0 Å². The van der Waals surface area contributed by atoms with Crippen LogP contribution in [0.5, 0.6) is 5.75 Å². The number of carboxylic acids is 1. The second kappa shape index (κ2) is 8.47. The molecule has 0 bridgehead atoms. The van der Waals surface area contributed by atoms with Gasteiger partial charge in [-0.1, -0.05) is 24.3 Å². The summed E-state index contributed by atoms with van der Waals surface area (Å²) in [5.74, 6) is -1.36. The monoisotopic (exact) mass is 359 g/mol. The Hall–Kier alpha value is -2.89. The lowest BCUT2D eigenvalue weighted by Gasteiger charge is -2.19. The maximum atomic E-state index is 13.4. The highest BCUT2D eigenvalue weighted by Crippen LogP contribution is 2.25. The van der Waals surface area contributed by atoms with Crippen molar-refractivity contribution >= 4 is 17.6 Å². The average Bonchev–Trinajstić information content (AvgIpc) is 2.60. The zero-order valence-electron chi connectivity index (χ0n) is 14.8. The van der Waals surface area contributed by atoms with E-state index in [9.17, 15) is 19.1 Å². The molecule has 0 spiro atoms. The summed E-state index contributed by atoms with van der Waals surface area (Å²) in [6.07, 6.45) is 0.682. The van der Waals surface area contributed by atoms with E-state index in [0.29, 0.717) is 17.7 Å². The van der Waals surface area contributed by atoms with Crippen molar-refractivity contribution in [1.82, 2.24) is 0 Å². The van der Waals surface area contributed by atoms with Gasteiger partial charge in [-0.2, -0.15) is 0 Å². The lowest BCUT2D eigenvalue weighted by Crippen LogP contribution is -2.28. The van der Waals surface area contributed by atoms with Gasteiger partial charge in [0.1, 0.15) is 0 Å². The number of ether oxygens (including phenoxy) is 1. The standard InChI is InChI=1S/C20H22FNO4/c1-20(2,19(24)25)14-9-11-15(12-10-14)22-18(23)8-5-13-26-17-7-4-3-6-16(17)21/h3-4,6-7,9-12H,5,8,13H2,1-2H3,(H,22,23)(H,24,25). The summed E-state index contributed by atoms with van der Waals surface area (Å²) in [7, 11) is 0. The van der Waals surface area contributed by atoms with Crippen molar-refractivity contribution in [2.24, 2.45) is 0 Å². The molecule has 0 heterocycles. The van der Waals surface area contributed by atoms with Gasteiger partial charge in [0.15, 0.2) is 11.6 Å². The molecule has 0 aliphatic heterocycles. The van der Waals surface area contributed by atoms with Gasteiger partial charge in [-0.15, -0.1) is 0 Å². The molecule has 2 aromatic rings. The molecule has 0 radical (unpaired) electrons. The fraction of sp³-hybridized carbons (Fsp3) is 0.300. The van der Waals surface area contributed by atoms with Gasteiger partial charge >= 0.3 is 5.97 Å². The van der Waals surface area contributed by atoms with E-state index in [1.807, 2.05) is 0 Å². The fourth-order valence-corrected chi connectivity index (χ4v) is 2.29. The largest absolute Gasteiger partial charge is 0.491 e. The highest BCUT2D eigenvalue weighted by atomic mass is 19.1. The Morgan fingerprint density at radius 3 is 2.38 bits per heavy atom. The van der Waals surface area contributed by atoms with E-state index in [2.05, 4.69) is 5.32 Å². The molecular weight excluding hydrogens is 337 g/mol. The minimum atomic E-state index is -0.993. The van der Waals surface area contributed by atoms with Crippen molar-refractivity contribution in [3.8, 4) is 5.75 Å². The molecule has 2 aromatic carbocycles. The zero-order valence-corrected chi connectivity index (χ0v) is 14.8. The van der Waals surface area contributed by atoms with Crippen LogP contribution in [-0.2, 0) is 15.0 Å². The summed E-state index contributed by atoms with van der Waals surface area (Å²) in [4.78, 5) is 23.2. The quantitative estimate of drug-likeness (QED) is 0.699. The molecule has 0 aliphatic carbocycles. The van der Waals surface area contributed by atoms with Crippen LogP contribution in [0.15, 0.2) is 48.5 Å². The number of carbonyl (C=O) groups is 2. The van der Waals surface area contributed by atoms with E-state index >= 15 is 0 Å². The first kappa shape index (κ1) is 19.4. The first-order valence-corrected chi connectivity index (χ1v) is 8.32. The third-order valence-electron chi connectivity index (χ3n) is 4.07. The van der Waals surface area contributed by atoms with Crippen LogP contribution in [-0.4, -0.2) is 23.6 Å². The SMILES string of the molecule is CC(C)(C(=O)O)c1ccc(NC(=O)CCCOc2ccccc2F)cc1. The van der Waals surface area contributed by atoms with Gasteiger partial charge in [-0.3, -0.25) is 9.59 Å². The minimum absolute atomic E-state index is 0.171. The molecule has 2 rings (SSSR count). The highest BCUT2D eigenvalue weighted by Gasteiger charge is 2.29. The smallest absolute Gasteiger partial charge is 0.313 e. The molecule has 26 heavy (non-hydrogen) atoms. The van der Waals surface area contributed by atoms with Crippen LogP contribution in [0.25, 0.3) is 0 Å². The fourth-order valence-electron chi connectivity index (χ4n) is 2.29. The summed E-state index contributed by atoms with van der Waals surface area (Å²) >= 11 is 0. The van der Waals surface area contributed by atoms with Crippen LogP contribution in [0.2, 0.25) is 0 Å². The van der Waals surface area contributed by atoms with Crippen LogP contribution in [0.3, 0.4) is 0 Å². The number of benzene rings is 2. The molecule has 6 heteroatoms. The number of amides is 1. The number of hydrogen-bond donors (Lipinski definition) is 2. The zero-order chi connectivity index (χ0) is 19.2. The average molecular weight is 359 g/mol. The number of carbonyl (C=O) groups excluding carboxylic acids is 1. The van der Waals surface area contributed by atoms with Crippen molar-refractivity contribution in [3.63, 3.8) is 0 Å². The molecule has 2 N–H and O–H groups in total. The normalized spacial score (nSPS) is 11.0. The summed E-state index contributed by atoms with van der Waals surface area (Å²) < 4.78 is 18.7. The summed E-state index contributed by atoms with van der Waals surface area (Å²) in [6, 6.07) is 12.8. The van der Waals surface area contributed by atoms with Crippen LogP contribution in [0, 0.1) is 5.82 Å². The van der Waals surface area contributed by atoms with Gasteiger partial charge < -0.3 is 15.2 Å². The molecule has 0 unspecified atom stereocenters. The lowest BCUT2D eigenvalue weighted by atomic mass is 9.85. The number of halogens is 1. The molecule has 0 aliphatic rings. The molecule has 1 amide bonds. The maximum Gasteiger partial charge on any atom is 0.313 e. The van der Waals surface area contributed by atoms with Crippen LogP contribution >= 0.6 is 0 Å². The summed E-state index contributed by atoms with van der Waals surface area (Å²) in [5, 5.41) is 12.0. The van der Waals surface area contributed by atoms with E-state index in [1.165, 1.54) is 12.1 Å². The van der Waals surface area contributed by atoms with E-state index in [0.717, 1.165) is 0 Å². The second-order valence-electron chi connectivity index (χ2n) is 6.44. The lowest BCUT2D eigenvalue weighted by molar-refractivity contribution is -0.142. The maximum absolute atomic E-state index is 13.4. The van der Waals surface area contributed by atoms with Crippen LogP contribution in [0.1, 0.15) is 32.3 Å². The summed E-state index contributed by atoms with van der Waals surface area (Å²) in [6.45, 7) is 3.48. The molecule has 138 valence electrons. The Bertz CT molecular complexity index is 772. The third kappa shape index (κ3) is 5.05. The van der Waals surface area contributed by atoms with Gasteiger partial charge in [-0.25, -0.2) is 4.39 Å². The molecule has 0 saturated carbocycles. The minimum Gasteiger partial charge on any atom is -0.491 e. The van der Waals surface area contributed by atoms with Crippen LogP contribution < -0.4 is 10.1 Å². The van der Waals surface area contributed by atoms with Crippen molar-refractivity contribution in [2.45, 2.75) is 32.1 Å². The topological polar surface area (TPSA) is 75.6 Å². The molecule has 5 nitrogen and oxygen atoms in total. The van der Waals surface area contributed by atoms with Crippen molar-refractivity contribution < 1.29 is 23.8 Å². The van der Waals surface area contributed by atoms with Gasteiger partial charge in [0, 0.05) is 12.1 Å². The number of carboxylic acid groups (broad SMARTS) is 1. The Morgan fingerprint density at radius 1 is 1.12 bits per heavy atom. The first-order valence-electron chi connectivity index (χ1n) is 8.32. The van der Waals surface area contributed by atoms with E-state index in [4.69, 9.17) is 4.74 Å². The number of nitrogens with one attached hydrogen (secondary N) is 1. The van der Waals surface area contributed by atoms with E-state index in [1.54, 1.807) is 50.2 Å². The van der Waals surface area contributed by atoms with Gasteiger partial charge in [0.25, 0.3) is 0 Å². The van der Waals surface area contributed by atoms with Gasteiger partial charge in [-0.05, 0) is 50.1 Å². The third-order valence-corrected chi connectivity index (χ3v) is 4.07. The second-order valence-corrected chi connectivity index (χ2v) is 6.44. The Labute approximate surface area is 151 Å².